The highest BCUT2D eigenvalue weighted by Gasteiger charge is 2.12. The summed E-state index contributed by atoms with van der Waals surface area (Å²) in [6, 6.07) is 4.62. The van der Waals surface area contributed by atoms with Crippen LogP contribution in [-0.2, 0) is 13.0 Å². The first-order valence-corrected chi connectivity index (χ1v) is 7.87. The van der Waals surface area contributed by atoms with E-state index in [1.165, 1.54) is 13.2 Å². The van der Waals surface area contributed by atoms with Crippen LogP contribution in [0, 0.1) is 6.92 Å². The number of hydrogen-bond acceptors (Lipinski definition) is 6. The van der Waals surface area contributed by atoms with Gasteiger partial charge in [-0.2, -0.15) is 13.8 Å². The Morgan fingerprint density at radius 3 is 2.70 bits per heavy atom. The van der Waals surface area contributed by atoms with E-state index in [0.29, 0.717) is 42.0 Å². The van der Waals surface area contributed by atoms with Gasteiger partial charge in [-0.1, -0.05) is 5.16 Å². The molecule has 0 spiro atoms. The molecule has 8 nitrogen and oxygen atoms in total. The third-order valence-corrected chi connectivity index (χ3v) is 3.35. The molecule has 0 aliphatic carbocycles. The Balaban J connectivity index is 0.00000364. The summed E-state index contributed by atoms with van der Waals surface area (Å²) in [5.74, 6) is 2.20. The lowest BCUT2D eigenvalue weighted by Gasteiger charge is -2.15. The van der Waals surface area contributed by atoms with Crippen molar-refractivity contribution in [1.82, 2.24) is 20.8 Å². The summed E-state index contributed by atoms with van der Waals surface area (Å²) in [5.41, 5.74) is 0.514. The number of nitrogens with one attached hydrogen (secondary N) is 2. The molecule has 0 bridgehead atoms. The van der Waals surface area contributed by atoms with E-state index in [2.05, 4.69) is 30.5 Å². The topological polar surface area (TPSA) is 93.8 Å². The Kier molecular flexibility index (Phi) is 9.75. The van der Waals surface area contributed by atoms with E-state index in [-0.39, 0.29) is 36.3 Å². The fourth-order valence-electron chi connectivity index (χ4n) is 2.16. The third kappa shape index (κ3) is 7.53. The van der Waals surface area contributed by atoms with Crippen LogP contribution in [0.5, 0.6) is 11.5 Å². The van der Waals surface area contributed by atoms with Crippen molar-refractivity contribution in [3.63, 3.8) is 0 Å². The van der Waals surface area contributed by atoms with Crippen molar-refractivity contribution in [3.05, 3.63) is 35.5 Å². The molecule has 0 saturated heterocycles. The minimum Gasteiger partial charge on any atom is -0.497 e. The van der Waals surface area contributed by atoms with E-state index >= 15 is 0 Å². The standard InChI is InChI=1S/C16H21F2N5O3.HI/c1-10-22-14(26-23-10)6-7-20-16(19-2)21-9-11-8-12(24-3)4-5-13(11)25-15(17)18;/h4-5,8,15H,6-7,9H2,1-3H3,(H2,19,20,21);1H. The summed E-state index contributed by atoms with van der Waals surface area (Å²) >= 11 is 0. The molecule has 0 radical (unpaired) electrons. The van der Waals surface area contributed by atoms with Crippen molar-refractivity contribution in [2.75, 3.05) is 20.7 Å². The van der Waals surface area contributed by atoms with Gasteiger partial charge < -0.3 is 24.6 Å². The summed E-state index contributed by atoms with van der Waals surface area (Å²) in [4.78, 5) is 8.19. The van der Waals surface area contributed by atoms with E-state index in [1.54, 1.807) is 26.1 Å². The van der Waals surface area contributed by atoms with Crippen molar-refractivity contribution < 1.29 is 22.8 Å². The maximum absolute atomic E-state index is 12.5. The smallest absolute Gasteiger partial charge is 0.387 e. The van der Waals surface area contributed by atoms with Gasteiger partial charge in [-0.15, -0.1) is 24.0 Å². The van der Waals surface area contributed by atoms with Gasteiger partial charge in [0, 0.05) is 32.1 Å². The fraction of sp³-hybridized carbons (Fsp3) is 0.438. The first-order valence-electron chi connectivity index (χ1n) is 7.87. The number of halogens is 3. The molecular formula is C16H22F2IN5O3. The van der Waals surface area contributed by atoms with Gasteiger partial charge in [0.1, 0.15) is 11.5 Å². The number of alkyl halides is 2. The van der Waals surface area contributed by atoms with Crippen molar-refractivity contribution in [1.29, 1.82) is 0 Å². The highest BCUT2D eigenvalue weighted by atomic mass is 127. The molecule has 0 atom stereocenters. The highest BCUT2D eigenvalue weighted by Crippen LogP contribution is 2.25. The molecule has 1 heterocycles. The zero-order chi connectivity index (χ0) is 18.9. The average molecular weight is 497 g/mol. The molecule has 150 valence electrons. The van der Waals surface area contributed by atoms with Gasteiger partial charge in [0.25, 0.3) is 0 Å². The number of ether oxygens (including phenoxy) is 2. The van der Waals surface area contributed by atoms with Crippen molar-refractivity contribution in [2.45, 2.75) is 26.5 Å². The summed E-state index contributed by atoms with van der Waals surface area (Å²) in [5, 5.41) is 9.82. The van der Waals surface area contributed by atoms with Crippen LogP contribution in [0.15, 0.2) is 27.7 Å². The van der Waals surface area contributed by atoms with E-state index in [1.807, 2.05) is 0 Å². The highest BCUT2D eigenvalue weighted by molar-refractivity contribution is 14.0. The lowest BCUT2D eigenvalue weighted by atomic mass is 10.2. The Morgan fingerprint density at radius 2 is 2.11 bits per heavy atom. The molecule has 0 saturated carbocycles. The maximum Gasteiger partial charge on any atom is 0.387 e. The largest absolute Gasteiger partial charge is 0.497 e. The second-order valence-corrected chi connectivity index (χ2v) is 5.19. The molecule has 1 aromatic carbocycles. The quantitative estimate of drug-likeness (QED) is 0.329. The lowest BCUT2D eigenvalue weighted by Crippen LogP contribution is -2.38. The zero-order valence-electron chi connectivity index (χ0n) is 15.2. The molecule has 2 aromatic rings. The van der Waals surface area contributed by atoms with Gasteiger partial charge in [-0.05, 0) is 25.1 Å². The van der Waals surface area contributed by atoms with E-state index in [4.69, 9.17) is 9.26 Å². The van der Waals surface area contributed by atoms with Crippen LogP contribution in [-0.4, -0.2) is 43.4 Å². The van der Waals surface area contributed by atoms with Gasteiger partial charge in [0.05, 0.1) is 7.11 Å². The van der Waals surface area contributed by atoms with Gasteiger partial charge >= 0.3 is 6.61 Å². The molecule has 2 rings (SSSR count). The number of aromatic nitrogens is 2. The number of aryl methyl sites for hydroxylation is 1. The van der Waals surface area contributed by atoms with E-state index in [0.717, 1.165) is 0 Å². The molecule has 11 heteroatoms. The summed E-state index contributed by atoms with van der Waals surface area (Å²) in [7, 11) is 3.11. The number of nitrogens with zero attached hydrogens (tertiary/aromatic N) is 3. The molecule has 0 fully saturated rings. The molecule has 0 amide bonds. The molecule has 2 N–H and O–H groups in total. The molecule has 27 heavy (non-hydrogen) atoms. The minimum atomic E-state index is -2.91. The van der Waals surface area contributed by atoms with Crippen LogP contribution >= 0.6 is 24.0 Å². The van der Waals surface area contributed by atoms with Crippen LogP contribution < -0.4 is 20.1 Å². The number of guanidine groups is 1. The second-order valence-electron chi connectivity index (χ2n) is 5.19. The lowest BCUT2D eigenvalue weighted by molar-refractivity contribution is -0.0504. The first kappa shape index (κ1) is 22.9. The number of rotatable bonds is 8. The third-order valence-electron chi connectivity index (χ3n) is 3.35. The van der Waals surface area contributed by atoms with Gasteiger partial charge in [-0.25, -0.2) is 0 Å². The predicted octanol–water partition coefficient (Wildman–Crippen LogP) is 2.51. The summed E-state index contributed by atoms with van der Waals surface area (Å²) in [6.07, 6.45) is 0.528. The van der Waals surface area contributed by atoms with E-state index in [9.17, 15) is 8.78 Å². The second kappa shape index (κ2) is 11.5. The number of hydrogen-bond donors (Lipinski definition) is 2. The predicted molar refractivity (Wildman–Crippen MR) is 106 cm³/mol. The Bertz CT molecular complexity index is 743. The first-order chi connectivity index (χ1) is 12.5. The maximum atomic E-state index is 12.5. The number of benzene rings is 1. The Hall–Kier alpha value is -2.18. The van der Waals surface area contributed by atoms with Crippen LogP contribution in [0.25, 0.3) is 0 Å². The van der Waals surface area contributed by atoms with Crippen molar-refractivity contribution >= 4 is 29.9 Å². The molecule has 1 aromatic heterocycles. The van der Waals surface area contributed by atoms with E-state index < -0.39 is 6.61 Å². The van der Waals surface area contributed by atoms with Crippen LogP contribution in [0.2, 0.25) is 0 Å². The molecule has 0 aliphatic heterocycles. The van der Waals surface area contributed by atoms with Crippen LogP contribution in [0.1, 0.15) is 17.3 Å². The molecule has 0 unspecified atom stereocenters. The Labute approximate surface area is 172 Å². The molecule has 0 aliphatic rings. The number of methoxy groups -OCH3 is 1. The molecular weight excluding hydrogens is 475 g/mol. The monoisotopic (exact) mass is 497 g/mol. The SMILES string of the molecule is CN=C(NCCc1nc(C)no1)NCc1cc(OC)ccc1OC(F)F.I. The average Bonchev–Trinajstić information content (AvgIpc) is 3.03. The van der Waals surface area contributed by atoms with Crippen molar-refractivity contribution in [2.24, 2.45) is 4.99 Å². The van der Waals surface area contributed by atoms with Crippen molar-refractivity contribution in [3.8, 4) is 11.5 Å². The van der Waals surface area contributed by atoms with Gasteiger partial charge in [0.15, 0.2) is 11.8 Å². The van der Waals surface area contributed by atoms with Gasteiger partial charge in [-0.3, -0.25) is 4.99 Å². The minimum absolute atomic E-state index is 0. The van der Waals surface area contributed by atoms with Gasteiger partial charge in [0.2, 0.25) is 5.89 Å². The summed E-state index contributed by atoms with van der Waals surface area (Å²) in [6.45, 7) is -0.426. The Morgan fingerprint density at radius 1 is 1.33 bits per heavy atom. The van der Waals surface area contributed by atoms with Crippen LogP contribution in [0.4, 0.5) is 8.78 Å². The normalized spacial score (nSPS) is 11.1. The van der Waals surface area contributed by atoms with Crippen LogP contribution in [0.3, 0.4) is 0 Å². The number of aliphatic imine (C=N–C) groups is 1. The summed E-state index contributed by atoms with van der Waals surface area (Å²) < 4.78 is 39.8. The fourth-order valence-corrected chi connectivity index (χ4v) is 2.16. The zero-order valence-corrected chi connectivity index (χ0v) is 17.5.